The average molecular weight is 328 g/mol. The van der Waals surface area contributed by atoms with Crippen LogP contribution in [0.5, 0.6) is 0 Å². The van der Waals surface area contributed by atoms with Gasteiger partial charge >= 0.3 is 6.01 Å². The fraction of sp³-hybridized carbons (Fsp3) is 0.0667. The summed E-state index contributed by atoms with van der Waals surface area (Å²) in [6, 6.07) is 8.00. The summed E-state index contributed by atoms with van der Waals surface area (Å²) in [6.07, 6.45) is 1.46. The number of pyridine rings is 1. The van der Waals surface area contributed by atoms with Crippen LogP contribution in [0.2, 0.25) is 0 Å². The van der Waals surface area contributed by atoms with Gasteiger partial charge in [0.1, 0.15) is 11.5 Å². The van der Waals surface area contributed by atoms with Gasteiger partial charge in [0.25, 0.3) is 0 Å². The highest BCUT2D eigenvalue weighted by molar-refractivity contribution is 5.95. The maximum Gasteiger partial charge on any atom is 0.320 e. The lowest BCUT2D eigenvalue weighted by atomic mass is 10.1. The minimum atomic E-state index is -0.344. The molecule has 0 aliphatic heterocycles. The van der Waals surface area contributed by atoms with E-state index < -0.39 is 0 Å². The summed E-state index contributed by atoms with van der Waals surface area (Å²) in [5.74, 6) is -0.246. The van der Waals surface area contributed by atoms with Gasteiger partial charge in [-0.05, 0) is 36.8 Å². The quantitative estimate of drug-likeness (QED) is 0.291. The lowest BCUT2D eigenvalue weighted by Crippen LogP contribution is -2.14. The van der Waals surface area contributed by atoms with Gasteiger partial charge in [-0.1, -0.05) is 16.3 Å². The van der Waals surface area contributed by atoms with E-state index in [1.165, 1.54) is 12.3 Å². The highest BCUT2D eigenvalue weighted by atomic mass is 19.1. The van der Waals surface area contributed by atoms with E-state index in [-0.39, 0.29) is 23.6 Å². The summed E-state index contributed by atoms with van der Waals surface area (Å²) < 4.78 is 19.1. The van der Waals surface area contributed by atoms with Crippen LogP contribution in [-0.2, 0) is 0 Å². The molecule has 0 saturated carbocycles. The van der Waals surface area contributed by atoms with Crippen LogP contribution in [0.4, 0.5) is 16.1 Å². The van der Waals surface area contributed by atoms with Gasteiger partial charge in [0, 0.05) is 5.56 Å². The number of benzene rings is 1. The molecule has 0 bridgehead atoms. The SMILES string of the molecule is Cc1ccc(-c2nnc(Nc3ccc(/C(N)=N/O)nc3)o2)cc1F. The first-order valence-corrected chi connectivity index (χ1v) is 6.88. The first-order chi connectivity index (χ1) is 11.6. The maximum atomic E-state index is 13.6. The Kier molecular flexibility index (Phi) is 4.06. The van der Waals surface area contributed by atoms with Crippen molar-refractivity contribution in [1.82, 2.24) is 15.2 Å². The molecule has 0 aliphatic carbocycles. The van der Waals surface area contributed by atoms with Crippen molar-refractivity contribution < 1.29 is 14.0 Å². The van der Waals surface area contributed by atoms with Crippen molar-refractivity contribution in [2.75, 3.05) is 5.32 Å². The van der Waals surface area contributed by atoms with Crippen molar-refractivity contribution in [3.05, 3.63) is 53.6 Å². The van der Waals surface area contributed by atoms with Crippen LogP contribution in [-0.4, -0.2) is 26.2 Å². The fourth-order valence-corrected chi connectivity index (χ4v) is 1.91. The Morgan fingerprint density at radius 3 is 2.79 bits per heavy atom. The highest BCUT2D eigenvalue weighted by Gasteiger charge is 2.11. The number of aryl methyl sites for hydroxylation is 1. The van der Waals surface area contributed by atoms with Gasteiger partial charge in [0.2, 0.25) is 5.89 Å². The van der Waals surface area contributed by atoms with Crippen LogP contribution >= 0.6 is 0 Å². The first-order valence-electron chi connectivity index (χ1n) is 6.88. The topological polar surface area (TPSA) is 122 Å². The van der Waals surface area contributed by atoms with Crippen molar-refractivity contribution in [1.29, 1.82) is 0 Å². The number of hydrogen-bond acceptors (Lipinski definition) is 7. The first kappa shape index (κ1) is 15.4. The molecule has 1 aromatic carbocycles. The van der Waals surface area contributed by atoms with E-state index in [9.17, 15) is 4.39 Å². The molecule has 0 aliphatic rings. The van der Waals surface area contributed by atoms with Gasteiger partial charge in [-0.25, -0.2) is 4.39 Å². The number of nitrogens with one attached hydrogen (secondary N) is 1. The molecule has 24 heavy (non-hydrogen) atoms. The summed E-state index contributed by atoms with van der Waals surface area (Å²) >= 11 is 0. The molecular weight excluding hydrogens is 315 g/mol. The van der Waals surface area contributed by atoms with Crippen LogP contribution in [0.25, 0.3) is 11.5 Å². The van der Waals surface area contributed by atoms with E-state index >= 15 is 0 Å². The molecule has 8 nitrogen and oxygen atoms in total. The number of rotatable bonds is 4. The van der Waals surface area contributed by atoms with Gasteiger partial charge in [-0.15, -0.1) is 5.10 Å². The van der Waals surface area contributed by atoms with Gasteiger partial charge in [0.15, 0.2) is 5.84 Å². The minimum absolute atomic E-state index is 0.0944. The zero-order chi connectivity index (χ0) is 17.1. The van der Waals surface area contributed by atoms with Gasteiger partial charge in [0.05, 0.1) is 11.9 Å². The Morgan fingerprint density at radius 2 is 2.12 bits per heavy atom. The van der Waals surface area contributed by atoms with Crippen molar-refractivity contribution in [3.63, 3.8) is 0 Å². The number of nitrogens with zero attached hydrogens (tertiary/aromatic N) is 4. The summed E-state index contributed by atoms with van der Waals surface area (Å²) in [5.41, 5.74) is 7.34. The molecule has 4 N–H and O–H groups in total. The smallest absolute Gasteiger partial charge is 0.320 e. The zero-order valence-corrected chi connectivity index (χ0v) is 12.6. The van der Waals surface area contributed by atoms with E-state index in [0.29, 0.717) is 22.5 Å². The van der Waals surface area contributed by atoms with E-state index in [1.807, 2.05) is 0 Å². The predicted octanol–water partition coefficient (Wildman–Crippen LogP) is 2.42. The standard InChI is InChI=1S/C15H13FN6O2/c1-8-2-3-9(6-11(8)16)14-20-21-15(24-14)19-10-4-5-12(18-7-10)13(17)22-23/h2-7,23H,1H3,(H2,17,22)(H,19,21). The number of nitrogens with two attached hydrogens (primary N) is 1. The molecule has 0 unspecified atom stereocenters. The fourth-order valence-electron chi connectivity index (χ4n) is 1.91. The minimum Gasteiger partial charge on any atom is -0.409 e. The van der Waals surface area contributed by atoms with Crippen LogP contribution in [0, 0.1) is 12.7 Å². The normalized spacial score (nSPS) is 11.5. The second kappa shape index (κ2) is 6.32. The Morgan fingerprint density at radius 1 is 1.29 bits per heavy atom. The highest BCUT2D eigenvalue weighted by Crippen LogP contribution is 2.23. The molecule has 3 aromatic rings. The van der Waals surface area contributed by atoms with Gasteiger partial charge < -0.3 is 20.7 Å². The van der Waals surface area contributed by atoms with Crippen LogP contribution in [0.15, 0.2) is 46.1 Å². The van der Waals surface area contributed by atoms with Crippen LogP contribution < -0.4 is 11.1 Å². The predicted molar refractivity (Wildman–Crippen MR) is 84.5 cm³/mol. The molecule has 0 saturated heterocycles. The summed E-state index contributed by atoms with van der Waals surface area (Å²) in [7, 11) is 0. The number of aromatic nitrogens is 3. The number of oxime groups is 1. The van der Waals surface area contributed by atoms with E-state index in [1.54, 1.807) is 31.2 Å². The average Bonchev–Trinajstić information content (AvgIpc) is 3.06. The monoisotopic (exact) mass is 328 g/mol. The number of anilines is 2. The molecule has 3 rings (SSSR count). The number of halogens is 1. The van der Waals surface area contributed by atoms with E-state index in [4.69, 9.17) is 15.4 Å². The second-order valence-electron chi connectivity index (χ2n) is 4.92. The zero-order valence-electron chi connectivity index (χ0n) is 12.6. The molecule has 0 fully saturated rings. The maximum absolute atomic E-state index is 13.6. The summed E-state index contributed by atoms with van der Waals surface area (Å²) in [5, 5.41) is 22.0. The summed E-state index contributed by atoms with van der Waals surface area (Å²) in [4.78, 5) is 4.01. The van der Waals surface area contributed by atoms with Gasteiger partial charge in [-0.2, -0.15) is 0 Å². The molecule has 0 radical (unpaired) electrons. The van der Waals surface area contributed by atoms with Gasteiger partial charge in [-0.3, -0.25) is 4.98 Å². The third-order valence-electron chi connectivity index (χ3n) is 3.23. The second-order valence-corrected chi connectivity index (χ2v) is 4.92. The van der Waals surface area contributed by atoms with Crippen molar-refractivity contribution in [2.24, 2.45) is 10.9 Å². The Hall–Kier alpha value is -3.49. The molecule has 0 amide bonds. The molecular formula is C15H13FN6O2. The summed E-state index contributed by atoms with van der Waals surface area (Å²) in [6.45, 7) is 1.67. The lowest BCUT2D eigenvalue weighted by molar-refractivity contribution is 0.318. The third-order valence-corrected chi connectivity index (χ3v) is 3.23. The van der Waals surface area contributed by atoms with Crippen LogP contribution in [0.3, 0.4) is 0 Å². The molecule has 2 heterocycles. The van der Waals surface area contributed by atoms with Crippen molar-refractivity contribution in [3.8, 4) is 11.5 Å². The molecule has 0 spiro atoms. The molecule has 122 valence electrons. The number of hydrogen-bond donors (Lipinski definition) is 3. The number of amidine groups is 1. The van der Waals surface area contributed by atoms with Crippen LogP contribution in [0.1, 0.15) is 11.3 Å². The Balaban J connectivity index is 1.77. The lowest BCUT2D eigenvalue weighted by Gasteiger charge is -2.02. The van der Waals surface area contributed by atoms with E-state index in [2.05, 4.69) is 25.7 Å². The van der Waals surface area contributed by atoms with Crippen molar-refractivity contribution in [2.45, 2.75) is 6.92 Å². The molecule has 9 heteroatoms. The largest absolute Gasteiger partial charge is 0.409 e. The Labute approximate surface area is 135 Å². The van der Waals surface area contributed by atoms with E-state index in [0.717, 1.165) is 0 Å². The molecule has 0 atom stereocenters. The molecule has 2 aromatic heterocycles. The van der Waals surface area contributed by atoms with Crippen molar-refractivity contribution >= 4 is 17.5 Å². The third kappa shape index (κ3) is 3.14. The Bertz CT molecular complexity index is 891.